The number of carboxylic acids is 1. The number of thiazole rings is 1. The minimum absolute atomic E-state index is 0.0894. The summed E-state index contributed by atoms with van der Waals surface area (Å²) in [6.07, 6.45) is 2.06. The third-order valence-electron chi connectivity index (χ3n) is 2.69. The van der Waals surface area contributed by atoms with Crippen LogP contribution < -0.4 is 5.32 Å². The van der Waals surface area contributed by atoms with Crippen molar-refractivity contribution in [2.24, 2.45) is 0 Å². The third-order valence-corrected chi connectivity index (χ3v) is 3.48. The van der Waals surface area contributed by atoms with E-state index in [1.54, 1.807) is 0 Å². The van der Waals surface area contributed by atoms with Crippen molar-refractivity contribution in [2.45, 2.75) is 25.4 Å². The highest BCUT2D eigenvalue weighted by Gasteiger charge is 2.30. The Kier molecular flexibility index (Phi) is 3.11. The van der Waals surface area contributed by atoms with Gasteiger partial charge in [-0.05, 0) is 19.8 Å². The lowest BCUT2D eigenvalue weighted by Gasteiger charge is -2.23. The fourth-order valence-electron chi connectivity index (χ4n) is 1.77. The highest BCUT2D eigenvalue weighted by Crippen LogP contribution is 2.27. The molecule has 0 amide bonds. The summed E-state index contributed by atoms with van der Waals surface area (Å²) in [6, 6.07) is 0. The Morgan fingerprint density at radius 2 is 2.62 bits per heavy atom. The van der Waals surface area contributed by atoms with Gasteiger partial charge in [0.05, 0.1) is 11.1 Å². The number of hydrogen-bond acceptors (Lipinski definition) is 5. The molecule has 0 saturated carbocycles. The molecule has 1 atom stereocenters. The number of nitrogens with one attached hydrogen (secondary N) is 1. The summed E-state index contributed by atoms with van der Waals surface area (Å²) in [5.41, 5.74) is 1.44. The number of rotatable bonds is 4. The van der Waals surface area contributed by atoms with Crippen molar-refractivity contribution >= 4 is 22.3 Å². The molecule has 0 aliphatic carbocycles. The van der Waals surface area contributed by atoms with Crippen molar-refractivity contribution in [1.82, 2.24) is 4.98 Å². The van der Waals surface area contributed by atoms with Crippen LogP contribution in [0.15, 0.2) is 5.51 Å². The van der Waals surface area contributed by atoms with Gasteiger partial charge in [0.15, 0.2) is 5.69 Å². The van der Waals surface area contributed by atoms with E-state index < -0.39 is 5.97 Å². The van der Waals surface area contributed by atoms with E-state index in [4.69, 9.17) is 9.84 Å². The lowest BCUT2D eigenvalue weighted by molar-refractivity contribution is 0.0315. The first-order valence-electron chi connectivity index (χ1n) is 5.15. The van der Waals surface area contributed by atoms with Crippen molar-refractivity contribution < 1.29 is 14.6 Å². The minimum Gasteiger partial charge on any atom is -0.476 e. The second-order valence-corrected chi connectivity index (χ2v) is 4.95. The molecule has 0 aromatic carbocycles. The number of ether oxygens (including phenoxy) is 1. The molecule has 0 bridgehead atoms. The van der Waals surface area contributed by atoms with Crippen LogP contribution in [-0.4, -0.2) is 34.8 Å². The first-order chi connectivity index (χ1) is 7.61. The zero-order chi connectivity index (χ0) is 11.6. The Balaban J connectivity index is 1.99. The molecule has 1 fully saturated rings. The predicted molar refractivity (Wildman–Crippen MR) is 61.2 cm³/mol. The molecule has 1 aromatic rings. The van der Waals surface area contributed by atoms with Gasteiger partial charge in [-0.3, -0.25) is 0 Å². The Hall–Kier alpha value is -1.14. The molecular weight excluding hydrogens is 228 g/mol. The molecule has 6 heteroatoms. The summed E-state index contributed by atoms with van der Waals surface area (Å²) in [5, 5.41) is 12.6. The van der Waals surface area contributed by atoms with Gasteiger partial charge in [-0.2, -0.15) is 0 Å². The summed E-state index contributed by atoms with van der Waals surface area (Å²) < 4.78 is 5.61. The van der Waals surface area contributed by atoms with Crippen LogP contribution in [0.25, 0.3) is 0 Å². The summed E-state index contributed by atoms with van der Waals surface area (Å²) in [7, 11) is 0. The van der Waals surface area contributed by atoms with Gasteiger partial charge in [-0.1, -0.05) is 0 Å². The molecular formula is C10H14N2O3S. The van der Waals surface area contributed by atoms with Gasteiger partial charge >= 0.3 is 5.97 Å². The van der Waals surface area contributed by atoms with Crippen molar-refractivity contribution in [3.8, 4) is 0 Å². The smallest absolute Gasteiger partial charge is 0.357 e. The standard InChI is InChI=1S/C10H14N2O3S/c1-10(3-2-4-15-10)5-11-8-7(9(13)14)12-6-16-8/h6,11H,2-5H2,1H3,(H,13,14). The Bertz CT molecular complexity index is 385. The average molecular weight is 242 g/mol. The van der Waals surface area contributed by atoms with Gasteiger partial charge in [-0.15, -0.1) is 11.3 Å². The largest absolute Gasteiger partial charge is 0.476 e. The van der Waals surface area contributed by atoms with Crippen LogP contribution in [0.1, 0.15) is 30.3 Å². The van der Waals surface area contributed by atoms with Crippen LogP contribution in [0.2, 0.25) is 0 Å². The zero-order valence-electron chi connectivity index (χ0n) is 9.02. The maximum absolute atomic E-state index is 10.8. The van der Waals surface area contributed by atoms with Gasteiger partial charge in [-0.25, -0.2) is 9.78 Å². The van der Waals surface area contributed by atoms with Crippen molar-refractivity contribution in [3.05, 3.63) is 11.2 Å². The van der Waals surface area contributed by atoms with E-state index in [0.717, 1.165) is 19.4 Å². The normalized spacial score (nSPS) is 24.6. The number of hydrogen-bond donors (Lipinski definition) is 2. The molecule has 2 rings (SSSR count). The number of carbonyl (C=O) groups is 1. The predicted octanol–water partition coefficient (Wildman–Crippen LogP) is 1.82. The Morgan fingerprint density at radius 3 is 3.25 bits per heavy atom. The highest BCUT2D eigenvalue weighted by molar-refractivity contribution is 7.14. The van der Waals surface area contributed by atoms with Crippen LogP contribution in [0, 0.1) is 0 Å². The van der Waals surface area contributed by atoms with Gasteiger partial charge in [0.25, 0.3) is 0 Å². The summed E-state index contributed by atoms with van der Waals surface area (Å²) in [5.74, 6) is -0.999. The second-order valence-electron chi connectivity index (χ2n) is 4.09. The van der Waals surface area contributed by atoms with Crippen molar-refractivity contribution in [2.75, 3.05) is 18.5 Å². The van der Waals surface area contributed by atoms with E-state index >= 15 is 0 Å². The quantitative estimate of drug-likeness (QED) is 0.842. The van der Waals surface area contributed by atoms with E-state index in [0.29, 0.717) is 11.5 Å². The molecule has 1 unspecified atom stereocenters. The lowest BCUT2D eigenvalue weighted by Crippen LogP contribution is -2.32. The number of nitrogens with zero attached hydrogens (tertiary/aromatic N) is 1. The van der Waals surface area contributed by atoms with Crippen molar-refractivity contribution in [3.63, 3.8) is 0 Å². The zero-order valence-corrected chi connectivity index (χ0v) is 9.84. The number of carboxylic acid groups (broad SMARTS) is 1. The molecule has 16 heavy (non-hydrogen) atoms. The summed E-state index contributed by atoms with van der Waals surface area (Å²) in [6.45, 7) is 3.44. The van der Waals surface area contributed by atoms with E-state index in [1.807, 2.05) is 6.92 Å². The maximum Gasteiger partial charge on any atom is 0.357 e. The van der Waals surface area contributed by atoms with Crippen LogP contribution in [0.3, 0.4) is 0 Å². The molecule has 1 aromatic heterocycles. The van der Waals surface area contributed by atoms with E-state index in [2.05, 4.69) is 10.3 Å². The van der Waals surface area contributed by atoms with Crippen LogP contribution >= 0.6 is 11.3 Å². The maximum atomic E-state index is 10.8. The summed E-state index contributed by atoms with van der Waals surface area (Å²) in [4.78, 5) is 14.6. The number of aromatic carboxylic acids is 1. The molecule has 1 aliphatic heterocycles. The topological polar surface area (TPSA) is 71.5 Å². The Morgan fingerprint density at radius 1 is 1.81 bits per heavy atom. The first kappa shape index (κ1) is 11.3. The van der Waals surface area contributed by atoms with Crippen LogP contribution in [0.4, 0.5) is 5.00 Å². The number of anilines is 1. The van der Waals surface area contributed by atoms with Gasteiger partial charge in [0.1, 0.15) is 5.00 Å². The van der Waals surface area contributed by atoms with Gasteiger partial charge in [0, 0.05) is 13.2 Å². The van der Waals surface area contributed by atoms with E-state index in [1.165, 1.54) is 16.8 Å². The Labute approximate surface area is 97.5 Å². The van der Waals surface area contributed by atoms with Gasteiger partial charge < -0.3 is 15.2 Å². The van der Waals surface area contributed by atoms with Gasteiger partial charge in [0.2, 0.25) is 0 Å². The van der Waals surface area contributed by atoms with Crippen molar-refractivity contribution in [1.29, 1.82) is 0 Å². The third kappa shape index (κ3) is 2.33. The first-order valence-corrected chi connectivity index (χ1v) is 6.03. The average Bonchev–Trinajstić information content (AvgIpc) is 2.83. The molecule has 1 saturated heterocycles. The monoisotopic (exact) mass is 242 g/mol. The molecule has 88 valence electrons. The molecule has 5 nitrogen and oxygen atoms in total. The van der Waals surface area contributed by atoms with E-state index in [9.17, 15) is 4.79 Å². The SMILES string of the molecule is CC1(CNc2scnc2C(=O)O)CCCO1. The molecule has 0 radical (unpaired) electrons. The molecule has 1 aliphatic rings. The minimum atomic E-state index is -0.999. The lowest BCUT2D eigenvalue weighted by atomic mass is 10.0. The highest BCUT2D eigenvalue weighted by atomic mass is 32.1. The summed E-state index contributed by atoms with van der Waals surface area (Å²) >= 11 is 1.30. The fourth-order valence-corrected chi connectivity index (χ4v) is 2.44. The fraction of sp³-hybridized carbons (Fsp3) is 0.600. The molecule has 0 spiro atoms. The number of aromatic nitrogens is 1. The molecule has 2 N–H and O–H groups in total. The van der Waals surface area contributed by atoms with Crippen LogP contribution in [-0.2, 0) is 4.74 Å². The molecule has 2 heterocycles. The van der Waals surface area contributed by atoms with Crippen LogP contribution in [0.5, 0.6) is 0 Å². The second kappa shape index (κ2) is 4.39. The van der Waals surface area contributed by atoms with E-state index in [-0.39, 0.29) is 11.3 Å².